The van der Waals surface area contributed by atoms with Crippen molar-refractivity contribution in [3.8, 4) is 0 Å². The van der Waals surface area contributed by atoms with E-state index in [4.69, 9.17) is 0 Å². The zero-order valence-electron chi connectivity index (χ0n) is 14.1. The van der Waals surface area contributed by atoms with E-state index in [1.807, 2.05) is 0 Å². The van der Waals surface area contributed by atoms with Crippen molar-refractivity contribution in [2.24, 2.45) is 7.05 Å². The van der Waals surface area contributed by atoms with Gasteiger partial charge in [-0.25, -0.2) is 4.68 Å². The maximum Gasteiger partial charge on any atom is 0.277 e. The quantitative estimate of drug-likeness (QED) is 0.703. The van der Waals surface area contributed by atoms with Crippen LogP contribution in [0.25, 0.3) is 0 Å². The number of amides is 1. The summed E-state index contributed by atoms with van der Waals surface area (Å²) >= 11 is 1.38. The number of nitrogens with zero attached hydrogens (tertiary/aromatic N) is 4. The number of hydrogen-bond donors (Lipinski definition) is 1. The lowest BCUT2D eigenvalue weighted by Gasteiger charge is -2.01. The summed E-state index contributed by atoms with van der Waals surface area (Å²) in [7, 11) is 1.50. The summed E-state index contributed by atoms with van der Waals surface area (Å²) < 4.78 is 1.12. The molecule has 0 bridgehead atoms. The molecule has 1 amide bonds. The molecule has 24 heavy (non-hydrogen) atoms. The number of aromatic nitrogens is 4. The Kier molecular flexibility index (Phi) is 7.05. The molecule has 0 spiro atoms. The highest BCUT2D eigenvalue weighted by Gasteiger charge is 2.12. The van der Waals surface area contributed by atoms with Crippen LogP contribution >= 0.6 is 11.3 Å². The van der Waals surface area contributed by atoms with Crippen molar-refractivity contribution in [1.29, 1.82) is 0 Å². The summed E-state index contributed by atoms with van der Waals surface area (Å²) in [6.45, 7) is 2.21. The first-order valence-electron chi connectivity index (χ1n) is 8.28. The Morgan fingerprint density at radius 3 is 2.67 bits per heavy atom. The van der Waals surface area contributed by atoms with Gasteiger partial charge < -0.3 is 0 Å². The molecule has 2 aromatic rings. The molecule has 0 saturated carbocycles. The second-order valence-electron chi connectivity index (χ2n) is 5.65. The van der Waals surface area contributed by atoms with Crippen molar-refractivity contribution in [1.82, 2.24) is 20.0 Å². The molecule has 0 aliphatic carbocycles. The minimum absolute atomic E-state index is 0.171. The molecule has 0 unspecified atom stereocenters. The third-order valence-corrected chi connectivity index (χ3v) is 4.52. The number of rotatable bonds is 9. The zero-order chi connectivity index (χ0) is 17.4. The molecule has 2 rings (SSSR count). The van der Waals surface area contributed by atoms with Crippen LogP contribution in [-0.4, -0.2) is 25.9 Å². The minimum atomic E-state index is -0.395. The predicted molar refractivity (Wildman–Crippen MR) is 94.4 cm³/mol. The Hall–Kier alpha value is -2.09. The molecule has 7 nitrogen and oxygen atoms in total. The van der Waals surface area contributed by atoms with Gasteiger partial charge >= 0.3 is 0 Å². The van der Waals surface area contributed by atoms with Crippen molar-refractivity contribution < 1.29 is 4.79 Å². The van der Waals surface area contributed by atoms with Crippen molar-refractivity contribution in [3.05, 3.63) is 33.2 Å². The molecule has 0 atom stereocenters. The van der Waals surface area contributed by atoms with Crippen molar-refractivity contribution in [2.45, 2.75) is 51.9 Å². The number of anilines is 1. The summed E-state index contributed by atoms with van der Waals surface area (Å²) in [5.74, 6) is -0.395. The van der Waals surface area contributed by atoms with Crippen LogP contribution in [0.2, 0.25) is 0 Å². The number of aryl methyl sites for hydroxylation is 2. The van der Waals surface area contributed by atoms with Gasteiger partial charge in [0.15, 0.2) is 0 Å². The average Bonchev–Trinajstić information content (AvgIpc) is 3.00. The molecule has 0 saturated heterocycles. The fourth-order valence-electron chi connectivity index (χ4n) is 2.25. The molecular weight excluding hydrogens is 326 g/mol. The van der Waals surface area contributed by atoms with Gasteiger partial charge in [-0.15, -0.1) is 10.2 Å². The number of carbonyl (C=O) groups is 1. The van der Waals surface area contributed by atoms with E-state index in [2.05, 4.69) is 27.5 Å². The summed E-state index contributed by atoms with van der Waals surface area (Å²) in [6, 6.07) is 2.71. The lowest BCUT2D eigenvalue weighted by atomic mass is 10.1. The standard InChI is InChI=1S/C16H23N5O2S/c1-3-4-5-6-7-8-9-13-18-19-16(24-13)17-15(23)12-10-11-14(22)21(2)20-12/h10-11H,3-9H2,1-2H3,(H,17,19,23). The van der Waals surface area contributed by atoms with Gasteiger partial charge in [0.25, 0.3) is 11.5 Å². The third kappa shape index (κ3) is 5.52. The van der Waals surface area contributed by atoms with Gasteiger partial charge in [0.1, 0.15) is 10.7 Å². The average molecular weight is 349 g/mol. The highest BCUT2D eigenvalue weighted by atomic mass is 32.1. The van der Waals surface area contributed by atoms with Crippen molar-refractivity contribution in [2.75, 3.05) is 5.32 Å². The summed E-state index contributed by atoms with van der Waals surface area (Å²) in [6.07, 6.45) is 8.28. The van der Waals surface area contributed by atoms with Gasteiger partial charge in [0.05, 0.1) is 0 Å². The number of unbranched alkanes of at least 4 members (excludes halogenated alkanes) is 5. The fraction of sp³-hybridized carbons (Fsp3) is 0.562. The Bertz CT molecular complexity index is 725. The maximum absolute atomic E-state index is 12.1. The summed E-state index contributed by atoms with van der Waals surface area (Å²) in [5.41, 5.74) is -0.0894. The van der Waals surface area contributed by atoms with Gasteiger partial charge in [-0.05, 0) is 12.5 Å². The molecule has 0 aliphatic heterocycles. The van der Waals surface area contributed by atoms with E-state index < -0.39 is 5.91 Å². The van der Waals surface area contributed by atoms with E-state index in [-0.39, 0.29) is 11.3 Å². The molecule has 2 aromatic heterocycles. The molecule has 130 valence electrons. The molecule has 2 heterocycles. The lowest BCUT2D eigenvalue weighted by molar-refractivity contribution is 0.102. The van der Waals surface area contributed by atoms with Crippen LogP contribution in [0.3, 0.4) is 0 Å². The van der Waals surface area contributed by atoms with Gasteiger partial charge in [-0.3, -0.25) is 14.9 Å². The highest BCUT2D eigenvalue weighted by Crippen LogP contribution is 2.18. The van der Waals surface area contributed by atoms with E-state index >= 15 is 0 Å². The Morgan fingerprint density at radius 1 is 1.17 bits per heavy atom. The van der Waals surface area contributed by atoms with Crippen molar-refractivity contribution >= 4 is 22.4 Å². The van der Waals surface area contributed by atoms with Crippen LogP contribution in [0.5, 0.6) is 0 Å². The molecule has 1 N–H and O–H groups in total. The Morgan fingerprint density at radius 2 is 1.92 bits per heavy atom. The van der Waals surface area contributed by atoms with Crippen LogP contribution in [0, 0.1) is 0 Å². The zero-order valence-corrected chi connectivity index (χ0v) is 14.9. The Labute approximate surface area is 145 Å². The smallest absolute Gasteiger partial charge is 0.277 e. The SMILES string of the molecule is CCCCCCCCc1nnc(NC(=O)c2ccc(=O)n(C)n2)s1. The summed E-state index contributed by atoms with van der Waals surface area (Å²) in [5, 5.41) is 16.1. The largest absolute Gasteiger partial charge is 0.295 e. The molecular formula is C16H23N5O2S. The lowest BCUT2D eigenvalue weighted by Crippen LogP contribution is -2.23. The third-order valence-electron chi connectivity index (χ3n) is 3.62. The summed E-state index contributed by atoms with van der Waals surface area (Å²) in [4.78, 5) is 23.4. The van der Waals surface area contributed by atoms with Crippen LogP contribution in [-0.2, 0) is 13.5 Å². The number of hydrogen-bond acceptors (Lipinski definition) is 6. The van der Waals surface area contributed by atoms with Gasteiger partial charge in [-0.2, -0.15) is 5.10 Å². The predicted octanol–water partition coefficient (Wildman–Crippen LogP) is 2.79. The number of nitrogens with one attached hydrogen (secondary N) is 1. The molecule has 0 fully saturated rings. The van der Waals surface area contributed by atoms with Crippen LogP contribution in [0.1, 0.15) is 60.9 Å². The van der Waals surface area contributed by atoms with Crippen LogP contribution in [0.15, 0.2) is 16.9 Å². The van der Waals surface area contributed by atoms with Crippen LogP contribution in [0.4, 0.5) is 5.13 Å². The van der Waals surface area contributed by atoms with Gasteiger partial charge in [-0.1, -0.05) is 50.4 Å². The first-order chi connectivity index (χ1) is 11.6. The molecule has 8 heteroatoms. The first kappa shape index (κ1) is 18.3. The highest BCUT2D eigenvalue weighted by molar-refractivity contribution is 7.15. The monoisotopic (exact) mass is 349 g/mol. The maximum atomic E-state index is 12.1. The topological polar surface area (TPSA) is 89.8 Å². The Balaban J connectivity index is 1.81. The molecule has 0 radical (unpaired) electrons. The van der Waals surface area contributed by atoms with Gasteiger partial charge in [0, 0.05) is 19.5 Å². The van der Waals surface area contributed by atoms with E-state index in [1.54, 1.807) is 0 Å². The van der Waals surface area contributed by atoms with Crippen LogP contribution < -0.4 is 10.9 Å². The number of carbonyl (C=O) groups excluding carboxylic acids is 1. The van der Waals surface area contributed by atoms with E-state index in [1.165, 1.54) is 62.6 Å². The first-order valence-corrected chi connectivity index (χ1v) is 9.10. The molecule has 0 aliphatic rings. The minimum Gasteiger partial charge on any atom is -0.295 e. The van der Waals surface area contributed by atoms with E-state index in [9.17, 15) is 9.59 Å². The van der Waals surface area contributed by atoms with Crippen molar-refractivity contribution in [3.63, 3.8) is 0 Å². The van der Waals surface area contributed by atoms with E-state index in [0.717, 1.165) is 22.5 Å². The van der Waals surface area contributed by atoms with Gasteiger partial charge in [0.2, 0.25) is 5.13 Å². The fourth-order valence-corrected chi connectivity index (χ4v) is 3.02. The normalized spacial score (nSPS) is 10.8. The molecule has 0 aromatic carbocycles. The van der Waals surface area contributed by atoms with E-state index in [0.29, 0.717) is 5.13 Å². The second-order valence-corrected chi connectivity index (χ2v) is 6.72. The second kappa shape index (κ2) is 9.27.